The van der Waals surface area contributed by atoms with Crippen LogP contribution in [0.25, 0.3) is 0 Å². The molecule has 0 aromatic heterocycles. The van der Waals surface area contributed by atoms with Crippen LogP contribution in [-0.2, 0) is 11.2 Å². The third-order valence-corrected chi connectivity index (χ3v) is 4.73. The van der Waals surface area contributed by atoms with Gasteiger partial charge in [0.25, 0.3) is 0 Å². The molecule has 3 rings (SSSR count). The van der Waals surface area contributed by atoms with Crippen molar-refractivity contribution in [3.63, 3.8) is 0 Å². The number of rotatable bonds is 6. The molecule has 2 aliphatic rings. The number of carbonyl (C=O) groups excluding carboxylic acids is 1. The number of ether oxygens (including phenoxy) is 2. The highest BCUT2D eigenvalue weighted by Gasteiger charge is 2.22. The maximum absolute atomic E-state index is 11.2. The molecule has 2 fully saturated rings. The van der Waals surface area contributed by atoms with E-state index >= 15 is 0 Å². The second kappa shape index (κ2) is 7.03. The smallest absolute Gasteiger partial charge is 0.220 e. The van der Waals surface area contributed by atoms with E-state index in [9.17, 15) is 4.79 Å². The Hall–Kier alpha value is -1.71. The Bertz CT molecular complexity index is 523. The molecule has 1 saturated heterocycles. The van der Waals surface area contributed by atoms with Crippen molar-refractivity contribution in [1.82, 2.24) is 5.32 Å². The quantitative estimate of drug-likeness (QED) is 0.878. The number of hydrogen-bond donors (Lipinski definition) is 1. The molecule has 1 aromatic carbocycles. The van der Waals surface area contributed by atoms with Crippen LogP contribution >= 0.6 is 0 Å². The summed E-state index contributed by atoms with van der Waals surface area (Å²) in [6.45, 7) is 0.820. The predicted molar refractivity (Wildman–Crippen MR) is 85.3 cm³/mol. The molecule has 0 unspecified atom stereocenters. The van der Waals surface area contributed by atoms with E-state index in [0.29, 0.717) is 18.4 Å². The minimum Gasteiger partial charge on any atom is -0.493 e. The molecule has 1 N–H and O–H groups in total. The van der Waals surface area contributed by atoms with Gasteiger partial charge in [0.2, 0.25) is 5.91 Å². The minimum absolute atomic E-state index is 0.185. The normalized spacial score (nSPS) is 21.9. The van der Waals surface area contributed by atoms with Crippen LogP contribution in [0.15, 0.2) is 18.2 Å². The van der Waals surface area contributed by atoms with Crippen LogP contribution in [0.2, 0.25) is 0 Å². The molecule has 22 heavy (non-hydrogen) atoms. The zero-order valence-electron chi connectivity index (χ0n) is 13.3. The molecular weight excluding hydrogens is 278 g/mol. The number of carbonyl (C=O) groups is 1. The largest absolute Gasteiger partial charge is 0.493 e. The molecule has 120 valence electrons. The molecule has 1 aliphatic carbocycles. The number of amides is 1. The fraction of sp³-hybridized carbons (Fsp3) is 0.611. The first-order valence-electron chi connectivity index (χ1n) is 8.35. The maximum Gasteiger partial charge on any atom is 0.220 e. The minimum atomic E-state index is 0.185. The van der Waals surface area contributed by atoms with Crippen LogP contribution in [0.3, 0.4) is 0 Å². The Morgan fingerprint density at radius 2 is 2.05 bits per heavy atom. The number of methoxy groups -OCH3 is 1. The lowest BCUT2D eigenvalue weighted by atomic mass is 9.98. The summed E-state index contributed by atoms with van der Waals surface area (Å²) < 4.78 is 11.6. The molecule has 0 bridgehead atoms. The maximum atomic E-state index is 11.2. The van der Waals surface area contributed by atoms with Crippen molar-refractivity contribution >= 4 is 5.91 Å². The van der Waals surface area contributed by atoms with Crippen molar-refractivity contribution in [2.75, 3.05) is 13.7 Å². The summed E-state index contributed by atoms with van der Waals surface area (Å²) in [4.78, 5) is 11.2. The Morgan fingerprint density at radius 3 is 2.73 bits per heavy atom. The summed E-state index contributed by atoms with van der Waals surface area (Å²) in [5.74, 6) is 2.33. The van der Waals surface area contributed by atoms with E-state index in [4.69, 9.17) is 9.47 Å². The van der Waals surface area contributed by atoms with Gasteiger partial charge in [-0.2, -0.15) is 0 Å². The molecule has 4 nitrogen and oxygen atoms in total. The Morgan fingerprint density at radius 1 is 1.23 bits per heavy atom. The second-order valence-corrected chi connectivity index (χ2v) is 6.42. The Balaban J connectivity index is 1.62. The number of nitrogens with one attached hydrogen (secondary N) is 1. The average molecular weight is 303 g/mol. The average Bonchev–Trinajstić information content (AvgIpc) is 3.17. The first-order chi connectivity index (χ1) is 10.7. The summed E-state index contributed by atoms with van der Waals surface area (Å²) in [7, 11) is 1.69. The van der Waals surface area contributed by atoms with Crippen LogP contribution in [0.1, 0.15) is 44.1 Å². The summed E-state index contributed by atoms with van der Waals surface area (Å²) in [6.07, 6.45) is 7.82. The van der Waals surface area contributed by atoms with Crippen molar-refractivity contribution in [3.05, 3.63) is 23.8 Å². The highest BCUT2D eigenvalue weighted by Crippen LogP contribution is 2.33. The van der Waals surface area contributed by atoms with Gasteiger partial charge in [0.1, 0.15) is 0 Å². The third kappa shape index (κ3) is 3.73. The first-order valence-corrected chi connectivity index (χ1v) is 8.35. The molecule has 4 heteroatoms. The molecule has 1 atom stereocenters. The summed E-state index contributed by atoms with van der Waals surface area (Å²) in [5, 5.41) is 2.90. The van der Waals surface area contributed by atoms with Gasteiger partial charge in [-0.1, -0.05) is 6.07 Å². The lowest BCUT2D eigenvalue weighted by Crippen LogP contribution is -2.14. The van der Waals surface area contributed by atoms with Gasteiger partial charge < -0.3 is 14.8 Å². The van der Waals surface area contributed by atoms with Crippen LogP contribution in [0, 0.1) is 5.92 Å². The highest BCUT2D eigenvalue weighted by atomic mass is 16.5. The van der Waals surface area contributed by atoms with Crippen LogP contribution in [-0.4, -0.2) is 25.7 Å². The summed E-state index contributed by atoms with van der Waals surface area (Å²) >= 11 is 0. The van der Waals surface area contributed by atoms with Gasteiger partial charge in [0.05, 0.1) is 13.2 Å². The molecular formula is C18H25NO3. The van der Waals surface area contributed by atoms with E-state index in [1.807, 2.05) is 6.07 Å². The lowest BCUT2D eigenvalue weighted by molar-refractivity contribution is -0.119. The zero-order valence-corrected chi connectivity index (χ0v) is 13.3. The van der Waals surface area contributed by atoms with E-state index < -0.39 is 0 Å². The summed E-state index contributed by atoms with van der Waals surface area (Å²) in [5.41, 5.74) is 1.26. The molecule has 1 saturated carbocycles. The molecule has 0 spiro atoms. The van der Waals surface area contributed by atoms with E-state index in [0.717, 1.165) is 43.7 Å². The second-order valence-electron chi connectivity index (χ2n) is 6.42. The van der Waals surface area contributed by atoms with Crippen molar-refractivity contribution < 1.29 is 14.3 Å². The zero-order chi connectivity index (χ0) is 15.4. The van der Waals surface area contributed by atoms with E-state index in [1.54, 1.807) is 7.11 Å². The fourth-order valence-corrected chi connectivity index (χ4v) is 3.39. The van der Waals surface area contributed by atoms with Gasteiger partial charge in [-0.3, -0.25) is 4.79 Å². The van der Waals surface area contributed by atoms with Crippen LogP contribution < -0.4 is 14.8 Å². The SMILES string of the molecule is COc1ccc(CC[C@H]2CNC(=O)C2)cc1OC1CCCC1. The third-order valence-electron chi connectivity index (χ3n) is 4.73. The van der Waals surface area contributed by atoms with Crippen molar-refractivity contribution in [2.45, 2.75) is 51.0 Å². The fourth-order valence-electron chi connectivity index (χ4n) is 3.39. The number of hydrogen-bond acceptors (Lipinski definition) is 3. The number of benzene rings is 1. The predicted octanol–water partition coefficient (Wildman–Crippen LogP) is 3.09. The van der Waals surface area contributed by atoms with E-state index in [1.165, 1.54) is 18.4 Å². The van der Waals surface area contributed by atoms with Gasteiger partial charge in [0.15, 0.2) is 11.5 Å². The molecule has 1 aromatic rings. The van der Waals surface area contributed by atoms with E-state index in [-0.39, 0.29) is 5.91 Å². The molecule has 1 heterocycles. The monoisotopic (exact) mass is 303 g/mol. The van der Waals surface area contributed by atoms with Crippen molar-refractivity contribution in [1.29, 1.82) is 0 Å². The molecule has 1 aliphatic heterocycles. The Labute approximate surface area is 132 Å². The lowest BCUT2D eigenvalue weighted by Gasteiger charge is -2.17. The van der Waals surface area contributed by atoms with Gasteiger partial charge in [-0.15, -0.1) is 0 Å². The van der Waals surface area contributed by atoms with Gasteiger partial charge in [-0.05, 0) is 62.1 Å². The summed E-state index contributed by atoms with van der Waals surface area (Å²) in [6, 6.07) is 6.21. The first kappa shape index (κ1) is 15.2. The van der Waals surface area contributed by atoms with Gasteiger partial charge >= 0.3 is 0 Å². The van der Waals surface area contributed by atoms with Crippen LogP contribution in [0.4, 0.5) is 0 Å². The number of aryl methyl sites for hydroxylation is 1. The highest BCUT2D eigenvalue weighted by molar-refractivity contribution is 5.78. The van der Waals surface area contributed by atoms with Crippen molar-refractivity contribution in [2.24, 2.45) is 5.92 Å². The van der Waals surface area contributed by atoms with E-state index in [2.05, 4.69) is 17.4 Å². The topological polar surface area (TPSA) is 47.6 Å². The van der Waals surface area contributed by atoms with Gasteiger partial charge in [0, 0.05) is 13.0 Å². The molecule has 1 amide bonds. The Kier molecular flexibility index (Phi) is 4.86. The standard InChI is InChI=1S/C18H25NO3/c1-21-16-9-8-13(6-7-14-11-18(20)19-12-14)10-17(16)22-15-4-2-3-5-15/h8-10,14-15H,2-7,11-12H2,1H3,(H,19,20)/t14-/m1/s1. The van der Waals surface area contributed by atoms with Gasteiger partial charge in [-0.25, -0.2) is 0 Å². The van der Waals surface area contributed by atoms with Crippen molar-refractivity contribution in [3.8, 4) is 11.5 Å². The van der Waals surface area contributed by atoms with Crippen LogP contribution in [0.5, 0.6) is 11.5 Å². The molecule has 0 radical (unpaired) electrons.